The first-order valence-electron chi connectivity index (χ1n) is 3.90. The Morgan fingerprint density at radius 2 is 2.21 bits per heavy atom. The Kier molecular flexibility index (Phi) is 4.04. The van der Waals surface area contributed by atoms with E-state index in [9.17, 15) is 10.2 Å². The lowest BCUT2D eigenvalue weighted by Gasteiger charge is -2.12. The first-order chi connectivity index (χ1) is 6.60. The summed E-state index contributed by atoms with van der Waals surface area (Å²) in [5, 5.41) is 18.9. The van der Waals surface area contributed by atoms with Crippen LogP contribution in [0.3, 0.4) is 0 Å². The molecule has 0 saturated carbocycles. The van der Waals surface area contributed by atoms with Crippen molar-refractivity contribution < 1.29 is 14.9 Å². The van der Waals surface area contributed by atoms with Gasteiger partial charge < -0.3 is 14.9 Å². The maximum Gasteiger partial charge on any atom is 0.161 e. The Labute approximate surface area is 95.4 Å². The third-order valence-corrected chi connectivity index (χ3v) is 2.78. The molecule has 3 nitrogen and oxygen atoms in total. The minimum Gasteiger partial charge on any atom is -0.504 e. The highest BCUT2D eigenvalue weighted by Crippen LogP contribution is 2.35. The van der Waals surface area contributed by atoms with Crippen LogP contribution >= 0.6 is 27.5 Å². The zero-order chi connectivity index (χ0) is 10.7. The van der Waals surface area contributed by atoms with Gasteiger partial charge >= 0.3 is 0 Å². The Bertz CT molecular complexity index is 330. The molecule has 0 amide bonds. The van der Waals surface area contributed by atoms with Gasteiger partial charge in [0.2, 0.25) is 0 Å². The number of hydrogen-bond acceptors (Lipinski definition) is 3. The Hall–Kier alpha value is -0.450. The van der Waals surface area contributed by atoms with Crippen molar-refractivity contribution in [2.24, 2.45) is 0 Å². The van der Waals surface area contributed by atoms with Crippen LogP contribution in [-0.2, 0) is 0 Å². The number of ether oxygens (including phenoxy) is 1. The topological polar surface area (TPSA) is 49.7 Å². The van der Waals surface area contributed by atoms with Gasteiger partial charge in [0.15, 0.2) is 11.5 Å². The standard InChI is InChI=1S/C9H10BrClO3/c1-14-9-3-6(10)5(2-7(9)12)8(13)4-11/h2-3,8,12-13H,4H2,1H3. The summed E-state index contributed by atoms with van der Waals surface area (Å²) in [6.45, 7) is 0. The fraction of sp³-hybridized carbons (Fsp3) is 0.333. The third-order valence-electron chi connectivity index (χ3n) is 1.80. The first-order valence-corrected chi connectivity index (χ1v) is 5.23. The molecule has 0 aliphatic carbocycles. The summed E-state index contributed by atoms with van der Waals surface area (Å²) in [5.74, 6) is 0.405. The number of aromatic hydroxyl groups is 1. The van der Waals surface area contributed by atoms with Crippen LogP contribution in [0.2, 0.25) is 0 Å². The highest BCUT2D eigenvalue weighted by Gasteiger charge is 2.14. The molecule has 0 aliphatic heterocycles. The van der Waals surface area contributed by atoms with E-state index < -0.39 is 6.10 Å². The van der Waals surface area contributed by atoms with Crippen LogP contribution in [0.15, 0.2) is 16.6 Å². The van der Waals surface area contributed by atoms with Crippen LogP contribution in [0, 0.1) is 0 Å². The van der Waals surface area contributed by atoms with Gasteiger partial charge in [-0.2, -0.15) is 0 Å². The van der Waals surface area contributed by atoms with Gasteiger partial charge in [-0.25, -0.2) is 0 Å². The lowest BCUT2D eigenvalue weighted by atomic mass is 10.1. The number of phenols is 1. The zero-order valence-electron chi connectivity index (χ0n) is 7.50. The smallest absolute Gasteiger partial charge is 0.161 e. The highest BCUT2D eigenvalue weighted by molar-refractivity contribution is 9.10. The molecule has 78 valence electrons. The van der Waals surface area contributed by atoms with Gasteiger partial charge in [0, 0.05) is 4.47 Å². The van der Waals surface area contributed by atoms with Crippen molar-refractivity contribution >= 4 is 27.5 Å². The van der Waals surface area contributed by atoms with E-state index in [-0.39, 0.29) is 11.6 Å². The monoisotopic (exact) mass is 280 g/mol. The number of methoxy groups -OCH3 is 1. The molecular formula is C9H10BrClO3. The number of aliphatic hydroxyl groups is 1. The number of alkyl halides is 1. The van der Waals surface area contributed by atoms with Crippen LogP contribution < -0.4 is 4.74 Å². The fourth-order valence-electron chi connectivity index (χ4n) is 1.06. The maximum atomic E-state index is 9.48. The van der Waals surface area contributed by atoms with Crippen molar-refractivity contribution in [3.05, 3.63) is 22.2 Å². The molecule has 0 bridgehead atoms. The molecule has 5 heteroatoms. The summed E-state index contributed by atoms with van der Waals surface area (Å²) in [6.07, 6.45) is -0.803. The minimum atomic E-state index is -0.803. The Morgan fingerprint density at radius 1 is 1.57 bits per heavy atom. The van der Waals surface area contributed by atoms with Crippen LogP contribution in [0.5, 0.6) is 11.5 Å². The molecule has 0 fully saturated rings. The number of rotatable bonds is 3. The van der Waals surface area contributed by atoms with Gasteiger partial charge in [-0.15, -0.1) is 11.6 Å². The molecule has 0 spiro atoms. The number of aliphatic hydroxyl groups excluding tert-OH is 1. The second-order valence-corrected chi connectivity index (χ2v) is 3.88. The van der Waals surface area contributed by atoms with Gasteiger partial charge in [0.25, 0.3) is 0 Å². The Morgan fingerprint density at radius 3 is 2.71 bits per heavy atom. The van der Waals surface area contributed by atoms with E-state index in [2.05, 4.69) is 15.9 Å². The quantitative estimate of drug-likeness (QED) is 0.837. The van der Waals surface area contributed by atoms with Gasteiger partial charge in [-0.05, 0) is 17.7 Å². The summed E-state index contributed by atoms with van der Waals surface area (Å²) < 4.78 is 5.55. The number of benzene rings is 1. The molecule has 0 aromatic heterocycles. The van der Waals surface area contributed by atoms with E-state index in [1.165, 1.54) is 13.2 Å². The summed E-state index contributed by atoms with van der Waals surface area (Å²) >= 11 is 8.75. The van der Waals surface area contributed by atoms with Crippen molar-refractivity contribution in [1.29, 1.82) is 0 Å². The van der Waals surface area contributed by atoms with E-state index in [0.717, 1.165) is 0 Å². The summed E-state index contributed by atoms with van der Waals surface area (Å²) in [4.78, 5) is 0. The molecule has 0 aliphatic rings. The molecule has 0 saturated heterocycles. The molecule has 1 aromatic carbocycles. The van der Waals surface area contributed by atoms with Gasteiger partial charge in [-0.1, -0.05) is 15.9 Å². The molecule has 2 N–H and O–H groups in total. The number of phenolic OH excluding ortho intramolecular Hbond substituents is 1. The lowest BCUT2D eigenvalue weighted by molar-refractivity contribution is 0.201. The van der Waals surface area contributed by atoms with Gasteiger partial charge in [-0.3, -0.25) is 0 Å². The van der Waals surface area contributed by atoms with Crippen molar-refractivity contribution in [2.45, 2.75) is 6.10 Å². The first kappa shape index (κ1) is 11.6. The second-order valence-electron chi connectivity index (χ2n) is 2.72. The molecule has 0 radical (unpaired) electrons. The van der Waals surface area contributed by atoms with Crippen molar-refractivity contribution in [1.82, 2.24) is 0 Å². The average Bonchev–Trinajstić information content (AvgIpc) is 2.19. The normalized spacial score (nSPS) is 12.6. The maximum absolute atomic E-state index is 9.48. The van der Waals surface area contributed by atoms with E-state index >= 15 is 0 Å². The highest BCUT2D eigenvalue weighted by atomic mass is 79.9. The Balaban J connectivity index is 3.14. The average molecular weight is 282 g/mol. The number of hydrogen-bond donors (Lipinski definition) is 2. The molecule has 1 rings (SSSR count). The SMILES string of the molecule is COc1cc(Br)c(C(O)CCl)cc1O. The predicted octanol–water partition coefficient (Wildman–Crippen LogP) is 2.44. The zero-order valence-corrected chi connectivity index (χ0v) is 9.84. The van der Waals surface area contributed by atoms with E-state index in [1.54, 1.807) is 6.07 Å². The molecular weight excluding hydrogens is 271 g/mol. The van der Waals surface area contributed by atoms with Crippen LogP contribution in [0.1, 0.15) is 11.7 Å². The third kappa shape index (κ3) is 2.32. The van der Waals surface area contributed by atoms with E-state index in [1.807, 2.05) is 0 Å². The second kappa shape index (κ2) is 4.87. The van der Waals surface area contributed by atoms with E-state index in [4.69, 9.17) is 16.3 Å². The molecule has 0 heterocycles. The lowest BCUT2D eigenvalue weighted by Crippen LogP contribution is -2.00. The number of halogens is 2. The summed E-state index contributed by atoms with van der Waals surface area (Å²) in [6, 6.07) is 3.01. The summed E-state index contributed by atoms with van der Waals surface area (Å²) in [7, 11) is 1.46. The van der Waals surface area contributed by atoms with Crippen LogP contribution in [0.4, 0.5) is 0 Å². The fourth-order valence-corrected chi connectivity index (χ4v) is 1.81. The molecule has 14 heavy (non-hydrogen) atoms. The van der Waals surface area contributed by atoms with Gasteiger partial charge in [0.1, 0.15) is 0 Å². The predicted molar refractivity (Wildman–Crippen MR) is 58.0 cm³/mol. The molecule has 1 unspecified atom stereocenters. The van der Waals surface area contributed by atoms with Crippen molar-refractivity contribution in [3.8, 4) is 11.5 Å². The minimum absolute atomic E-state index is 0.0186. The van der Waals surface area contributed by atoms with Crippen LogP contribution in [0.25, 0.3) is 0 Å². The summed E-state index contributed by atoms with van der Waals surface area (Å²) in [5.41, 5.74) is 0.540. The largest absolute Gasteiger partial charge is 0.504 e. The van der Waals surface area contributed by atoms with Crippen molar-refractivity contribution in [2.75, 3.05) is 13.0 Å². The molecule has 1 atom stereocenters. The van der Waals surface area contributed by atoms with Crippen LogP contribution in [-0.4, -0.2) is 23.2 Å². The molecule has 1 aromatic rings. The van der Waals surface area contributed by atoms with Crippen molar-refractivity contribution in [3.63, 3.8) is 0 Å². The van der Waals surface area contributed by atoms with Gasteiger partial charge in [0.05, 0.1) is 19.1 Å². The van der Waals surface area contributed by atoms with E-state index in [0.29, 0.717) is 15.8 Å².